The highest BCUT2D eigenvalue weighted by Crippen LogP contribution is 2.39. The van der Waals surface area contributed by atoms with Gasteiger partial charge in [-0.05, 0) is 25.5 Å². The zero-order valence-electron chi connectivity index (χ0n) is 11.7. The zero-order valence-corrected chi connectivity index (χ0v) is 13.2. The number of amides is 1. The standard InChI is InChI=1S/C15H15Cl2NO3/c1-3-21-15(20)13-8(2)18-12(19)7-10(13)9-5-4-6-11(16)14(9)17/h4-6,10H,3,7H2,1-2H3,(H,18,19). The van der Waals surface area contributed by atoms with Gasteiger partial charge in [0.05, 0.1) is 22.2 Å². The molecule has 1 aliphatic rings. The maximum atomic E-state index is 12.2. The molecule has 2 rings (SSSR count). The summed E-state index contributed by atoms with van der Waals surface area (Å²) in [5.41, 5.74) is 1.56. The van der Waals surface area contributed by atoms with E-state index in [1.54, 1.807) is 32.0 Å². The molecule has 6 heteroatoms. The summed E-state index contributed by atoms with van der Waals surface area (Å²) in [7, 11) is 0. The van der Waals surface area contributed by atoms with Crippen LogP contribution in [0.3, 0.4) is 0 Å². The normalized spacial score (nSPS) is 18.5. The molecular formula is C15H15Cl2NO3. The van der Waals surface area contributed by atoms with Crippen molar-refractivity contribution in [3.05, 3.63) is 45.1 Å². The van der Waals surface area contributed by atoms with Crippen molar-refractivity contribution in [2.45, 2.75) is 26.2 Å². The van der Waals surface area contributed by atoms with Crippen LogP contribution >= 0.6 is 23.2 Å². The van der Waals surface area contributed by atoms with Crippen LogP contribution in [0, 0.1) is 0 Å². The van der Waals surface area contributed by atoms with Crippen molar-refractivity contribution in [1.82, 2.24) is 5.32 Å². The Bertz CT molecular complexity index is 625. The third-order valence-corrected chi connectivity index (χ3v) is 4.15. The molecule has 1 amide bonds. The Morgan fingerprint density at radius 2 is 2.14 bits per heavy atom. The van der Waals surface area contributed by atoms with Crippen LogP contribution in [-0.4, -0.2) is 18.5 Å². The van der Waals surface area contributed by atoms with Gasteiger partial charge in [-0.15, -0.1) is 0 Å². The van der Waals surface area contributed by atoms with Crippen LogP contribution < -0.4 is 5.32 Å². The maximum absolute atomic E-state index is 12.2. The molecule has 4 nitrogen and oxygen atoms in total. The van der Waals surface area contributed by atoms with E-state index in [2.05, 4.69) is 5.32 Å². The second kappa shape index (κ2) is 6.50. The highest BCUT2D eigenvalue weighted by Gasteiger charge is 2.34. The number of benzene rings is 1. The van der Waals surface area contributed by atoms with Crippen molar-refractivity contribution in [3.8, 4) is 0 Å². The number of halogens is 2. The number of ether oxygens (including phenoxy) is 1. The van der Waals surface area contributed by atoms with Crippen LogP contribution in [0.5, 0.6) is 0 Å². The summed E-state index contributed by atoms with van der Waals surface area (Å²) in [6.07, 6.45) is 0.131. The van der Waals surface area contributed by atoms with E-state index >= 15 is 0 Å². The molecule has 1 aliphatic heterocycles. The molecule has 0 saturated carbocycles. The highest BCUT2D eigenvalue weighted by atomic mass is 35.5. The monoisotopic (exact) mass is 327 g/mol. The lowest BCUT2D eigenvalue weighted by atomic mass is 9.84. The largest absolute Gasteiger partial charge is 0.463 e. The molecule has 1 aromatic carbocycles. The minimum atomic E-state index is -0.455. The van der Waals surface area contributed by atoms with Gasteiger partial charge in [-0.25, -0.2) is 4.79 Å². The smallest absolute Gasteiger partial charge is 0.336 e. The van der Waals surface area contributed by atoms with Crippen LogP contribution in [0.2, 0.25) is 10.0 Å². The summed E-state index contributed by atoms with van der Waals surface area (Å²) in [6, 6.07) is 5.18. The Morgan fingerprint density at radius 1 is 1.43 bits per heavy atom. The van der Waals surface area contributed by atoms with E-state index in [9.17, 15) is 9.59 Å². The van der Waals surface area contributed by atoms with Crippen molar-refractivity contribution in [3.63, 3.8) is 0 Å². The number of rotatable bonds is 3. The average molecular weight is 328 g/mol. The number of nitrogens with one attached hydrogen (secondary N) is 1. The number of carbonyl (C=O) groups is 2. The van der Waals surface area contributed by atoms with Crippen LogP contribution in [-0.2, 0) is 14.3 Å². The Labute approximate surface area is 133 Å². The second-order valence-corrected chi connectivity index (χ2v) is 5.49. The lowest BCUT2D eigenvalue weighted by Gasteiger charge is -2.27. The third kappa shape index (κ3) is 3.22. The topological polar surface area (TPSA) is 55.4 Å². The van der Waals surface area contributed by atoms with Gasteiger partial charge in [0, 0.05) is 18.0 Å². The van der Waals surface area contributed by atoms with Gasteiger partial charge in [0.15, 0.2) is 0 Å². The van der Waals surface area contributed by atoms with E-state index in [1.165, 1.54) is 0 Å². The number of allylic oxidation sites excluding steroid dienone is 1. The van der Waals surface area contributed by atoms with Gasteiger partial charge in [-0.3, -0.25) is 4.79 Å². The predicted octanol–water partition coefficient (Wildman–Crippen LogP) is 3.43. The molecule has 1 aromatic rings. The maximum Gasteiger partial charge on any atom is 0.336 e. The van der Waals surface area contributed by atoms with Crippen molar-refractivity contribution in [2.24, 2.45) is 0 Å². The summed E-state index contributed by atoms with van der Waals surface area (Å²) in [6.45, 7) is 3.67. The Morgan fingerprint density at radius 3 is 2.81 bits per heavy atom. The number of esters is 1. The molecule has 0 bridgehead atoms. The van der Waals surface area contributed by atoms with Crippen molar-refractivity contribution >= 4 is 35.1 Å². The van der Waals surface area contributed by atoms with Crippen molar-refractivity contribution in [1.29, 1.82) is 0 Å². The molecule has 0 aliphatic carbocycles. The van der Waals surface area contributed by atoms with Crippen LogP contribution in [0.15, 0.2) is 29.5 Å². The first-order valence-electron chi connectivity index (χ1n) is 6.57. The van der Waals surface area contributed by atoms with Crippen molar-refractivity contribution < 1.29 is 14.3 Å². The molecule has 0 saturated heterocycles. The first kappa shape index (κ1) is 15.9. The van der Waals surface area contributed by atoms with Gasteiger partial charge >= 0.3 is 5.97 Å². The third-order valence-electron chi connectivity index (χ3n) is 3.32. The van der Waals surface area contributed by atoms with Gasteiger partial charge in [0.1, 0.15) is 0 Å². The minimum Gasteiger partial charge on any atom is -0.463 e. The first-order valence-corrected chi connectivity index (χ1v) is 7.33. The Balaban J connectivity index is 2.52. The molecule has 0 spiro atoms. The molecule has 21 heavy (non-hydrogen) atoms. The van der Waals surface area contributed by atoms with Crippen LogP contribution in [0.1, 0.15) is 31.7 Å². The molecule has 1 unspecified atom stereocenters. The summed E-state index contributed by atoms with van der Waals surface area (Å²) in [4.78, 5) is 24.0. The van der Waals surface area contributed by atoms with Gasteiger partial charge in [0.25, 0.3) is 0 Å². The van der Waals surface area contributed by atoms with Gasteiger partial charge in [-0.2, -0.15) is 0 Å². The summed E-state index contributed by atoms with van der Waals surface area (Å²) in [5, 5.41) is 3.41. The van der Waals surface area contributed by atoms with Crippen LogP contribution in [0.25, 0.3) is 0 Å². The summed E-state index contributed by atoms with van der Waals surface area (Å²) >= 11 is 12.3. The molecule has 0 fully saturated rings. The molecular weight excluding hydrogens is 313 g/mol. The van der Waals surface area contributed by atoms with E-state index < -0.39 is 11.9 Å². The van der Waals surface area contributed by atoms with Gasteiger partial charge in [-0.1, -0.05) is 35.3 Å². The lowest BCUT2D eigenvalue weighted by molar-refractivity contribution is -0.139. The minimum absolute atomic E-state index is 0.131. The van der Waals surface area contributed by atoms with E-state index in [0.717, 1.165) is 0 Å². The molecule has 1 heterocycles. The second-order valence-electron chi connectivity index (χ2n) is 4.71. The van der Waals surface area contributed by atoms with E-state index in [0.29, 0.717) is 26.9 Å². The molecule has 1 atom stereocenters. The van der Waals surface area contributed by atoms with E-state index in [1.807, 2.05) is 0 Å². The van der Waals surface area contributed by atoms with Gasteiger partial charge < -0.3 is 10.1 Å². The molecule has 0 radical (unpaired) electrons. The van der Waals surface area contributed by atoms with E-state index in [4.69, 9.17) is 27.9 Å². The lowest BCUT2D eigenvalue weighted by Crippen LogP contribution is -2.34. The van der Waals surface area contributed by atoms with Gasteiger partial charge in [0.2, 0.25) is 5.91 Å². The Kier molecular flexibility index (Phi) is 4.91. The Hall–Kier alpha value is -1.52. The predicted molar refractivity (Wildman–Crippen MR) is 81.3 cm³/mol. The average Bonchev–Trinajstić information content (AvgIpc) is 2.41. The molecule has 1 N–H and O–H groups in total. The molecule has 0 aromatic heterocycles. The number of hydrogen-bond donors (Lipinski definition) is 1. The summed E-state index contributed by atoms with van der Waals surface area (Å²) in [5.74, 6) is -1.07. The van der Waals surface area contributed by atoms with Crippen molar-refractivity contribution in [2.75, 3.05) is 6.61 Å². The fourth-order valence-corrected chi connectivity index (χ4v) is 2.88. The van der Waals surface area contributed by atoms with E-state index in [-0.39, 0.29) is 18.9 Å². The molecule has 112 valence electrons. The number of carbonyl (C=O) groups excluding carboxylic acids is 2. The fraction of sp³-hybridized carbons (Fsp3) is 0.333. The summed E-state index contributed by atoms with van der Waals surface area (Å²) < 4.78 is 5.08. The SMILES string of the molecule is CCOC(=O)C1=C(C)NC(=O)CC1c1cccc(Cl)c1Cl. The number of hydrogen-bond acceptors (Lipinski definition) is 3. The zero-order chi connectivity index (χ0) is 15.6. The highest BCUT2D eigenvalue weighted by molar-refractivity contribution is 6.42. The first-order chi connectivity index (χ1) is 9.95. The quantitative estimate of drug-likeness (QED) is 0.865. The fourth-order valence-electron chi connectivity index (χ4n) is 2.44. The van der Waals surface area contributed by atoms with Crippen LogP contribution in [0.4, 0.5) is 0 Å².